The molecule has 1 amide bonds. The standard InChI is InChI=1S/C29H23N7O2S/c1-18-24(27-30-14-7-15-35(27)34-18)28(37)32-19(2)26-33-23-11-6-8-20(12-13-21-16-39-17-31-21)25(23)29(38)36(26)22-9-4-3-5-10-22/h3-17,19H,1-2H3,(H,32,37)/b13-12+. The third-order valence-electron chi connectivity index (χ3n) is 6.39. The van der Waals surface area contributed by atoms with Crippen molar-refractivity contribution >= 4 is 45.9 Å². The van der Waals surface area contributed by atoms with E-state index in [1.165, 1.54) is 11.3 Å². The summed E-state index contributed by atoms with van der Waals surface area (Å²) in [7, 11) is 0. The van der Waals surface area contributed by atoms with Gasteiger partial charge in [0.15, 0.2) is 5.65 Å². The molecule has 1 unspecified atom stereocenters. The van der Waals surface area contributed by atoms with Crippen molar-refractivity contribution < 1.29 is 4.79 Å². The third-order valence-corrected chi connectivity index (χ3v) is 6.99. The average Bonchev–Trinajstić information content (AvgIpc) is 3.59. The molecular weight excluding hydrogens is 510 g/mol. The lowest BCUT2D eigenvalue weighted by Gasteiger charge is -2.20. The van der Waals surface area contributed by atoms with Gasteiger partial charge in [-0.2, -0.15) is 5.10 Å². The molecule has 0 spiro atoms. The molecule has 0 radical (unpaired) electrons. The van der Waals surface area contributed by atoms with Crippen LogP contribution in [0.3, 0.4) is 0 Å². The lowest BCUT2D eigenvalue weighted by atomic mass is 10.1. The number of nitrogens with zero attached hydrogens (tertiary/aromatic N) is 6. The molecule has 9 nitrogen and oxygen atoms in total. The SMILES string of the molecule is Cc1nn2cccnc2c1C(=O)NC(C)c1nc2cccc(/C=C/c3cscn3)c2c(=O)n1-c1ccccc1. The summed E-state index contributed by atoms with van der Waals surface area (Å²) in [5.74, 6) is 0.0670. The van der Waals surface area contributed by atoms with E-state index in [1.807, 2.05) is 73.0 Å². The first-order chi connectivity index (χ1) is 19.0. The van der Waals surface area contributed by atoms with E-state index in [-0.39, 0.29) is 11.5 Å². The van der Waals surface area contributed by atoms with Gasteiger partial charge in [0.1, 0.15) is 11.4 Å². The molecule has 0 aliphatic rings. The van der Waals surface area contributed by atoms with Crippen molar-refractivity contribution in [1.29, 1.82) is 0 Å². The number of benzene rings is 2. The molecule has 4 aromatic heterocycles. The molecule has 0 fully saturated rings. The second-order valence-corrected chi connectivity index (χ2v) is 9.70. The molecule has 39 heavy (non-hydrogen) atoms. The van der Waals surface area contributed by atoms with Gasteiger partial charge >= 0.3 is 0 Å². The monoisotopic (exact) mass is 533 g/mol. The quantitative estimate of drug-likeness (QED) is 0.328. The minimum absolute atomic E-state index is 0.227. The van der Waals surface area contributed by atoms with E-state index in [2.05, 4.69) is 20.4 Å². The number of nitrogens with one attached hydrogen (secondary N) is 1. The van der Waals surface area contributed by atoms with E-state index in [1.54, 1.807) is 40.0 Å². The maximum absolute atomic E-state index is 14.1. The maximum atomic E-state index is 14.1. The van der Waals surface area contributed by atoms with Crippen LogP contribution in [0.25, 0.3) is 34.4 Å². The number of fused-ring (bicyclic) bond motifs is 2. The van der Waals surface area contributed by atoms with E-state index in [0.717, 1.165) is 11.3 Å². The number of hydrogen-bond acceptors (Lipinski definition) is 7. The Bertz CT molecular complexity index is 1910. The molecule has 0 bridgehead atoms. The van der Waals surface area contributed by atoms with E-state index >= 15 is 0 Å². The highest BCUT2D eigenvalue weighted by atomic mass is 32.1. The second kappa shape index (κ2) is 10.1. The summed E-state index contributed by atoms with van der Waals surface area (Å²) in [6.45, 7) is 3.58. The molecule has 0 saturated carbocycles. The number of thiazole rings is 1. The van der Waals surface area contributed by atoms with Crippen LogP contribution in [0.15, 0.2) is 82.7 Å². The van der Waals surface area contributed by atoms with Gasteiger partial charge in [0.2, 0.25) is 0 Å². The van der Waals surface area contributed by atoms with Crippen molar-refractivity contribution in [2.75, 3.05) is 0 Å². The Morgan fingerprint density at radius 2 is 1.90 bits per heavy atom. The van der Waals surface area contributed by atoms with Crippen LogP contribution < -0.4 is 10.9 Å². The summed E-state index contributed by atoms with van der Waals surface area (Å²) in [4.78, 5) is 41.1. The predicted octanol–water partition coefficient (Wildman–Crippen LogP) is 4.85. The zero-order valence-electron chi connectivity index (χ0n) is 21.1. The minimum atomic E-state index is -0.609. The molecule has 0 saturated heterocycles. The van der Waals surface area contributed by atoms with Crippen LogP contribution in [0.2, 0.25) is 0 Å². The van der Waals surface area contributed by atoms with Gasteiger partial charge in [0, 0.05) is 17.8 Å². The van der Waals surface area contributed by atoms with Crippen LogP contribution in [0, 0.1) is 6.92 Å². The van der Waals surface area contributed by atoms with Crippen LogP contribution in [-0.4, -0.2) is 35.0 Å². The minimum Gasteiger partial charge on any atom is -0.342 e. The zero-order valence-corrected chi connectivity index (χ0v) is 22.0. The highest BCUT2D eigenvalue weighted by Crippen LogP contribution is 2.23. The summed E-state index contributed by atoms with van der Waals surface area (Å²) >= 11 is 1.51. The first-order valence-electron chi connectivity index (χ1n) is 12.3. The fraction of sp³-hybridized carbons (Fsp3) is 0.103. The Kier molecular flexibility index (Phi) is 6.29. The van der Waals surface area contributed by atoms with E-state index in [9.17, 15) is 9.59 Å². The van der Waals surface area contributed by atoms with Gasteiger partial charge in [0.05, 0.1) is 39.5 Å². The normalized spacial score (nSPS) is 12.4. The molecular formula is C29H23N7O2S. The summed E-state index contributed by atoms with van der Waals surface area (Å²) < 4.78 is 3.14. The van der Waals surface area contributed by atoms with Gasteiger partial charge < -0.3 is 5.32 Å². The van der Waals surface area contributed by atoms with Crippen molar-refractivity contribution in [2.24, 2.45) is 0 Å². The molecule has 6 rings (SSSR count). The number of aromatic nitrogens is 6. The van der Waals surface area contributed by atoms with Gasteiger partial charge in [-0.25, -0.2) is 19.5 Å². The Labute approximate surface area is 227 Å². The fourth-order valence-corrected chi connectivity index (χ4v) is 5.13. The number of carbonyl (C=O) groups excluding carboxylic acids is 1. The summed E-state index contributed by atoms with van der Waals surface area (Å²) in [6.07, 6.45) is 7.12. The Morgan fingerprint density at radius 3 is 2.69 bits per heavy atom. The van der Waals surface area contributed by atoms with Gasteiger partial charge in [0.25, 0.3) is 11.5 Å². The molecule has 192 valence electrons. The smallest absolute Gasteiger partial charge is 0.266 e. The average molecular weight is 534 g/mol. The van der Waals surface area contributed by atoms with Crippen LogP contribution >= 0.6 is 11.3 Å². The number of hydrogen-bond donors (Lipinski definition) is 1. The summed E-state index contributed by atoms with van der Waals surface area (Å²) in [5, 5.41) is 9.83. The number of carbonyl (C=O) groups is 1. The summed E-state index contributed by atoms with van der Waals surface area (Å²) in [6, 6.07) is 16.0. The topological polar surface area (TPSA) is 107 Å². The highest BCUT2D eigenvalue weighted by Gasteiger charge is 2.24. The highest BCUT2D eigenvalue weighted by molar-refractivity contribution is 7.07. The van der Waals surface area contributed by atoms with E-state index in [0.29, 0.717) is 39.3 Å². The molecule has 10 heteroatoms. The Hall–Kier alpha value is -4.96. The van der Waals surface area contributed by atoms with Crippen molar-refractivity contribution in [3.8, 4) is 5.69 Å². The van der Waals surface area contributed by atoms with Gasteiger partial charge in [-0.15, -0.1) is 11.3 Å². The molecule has 1 atom stereocenters. The summed E-state index contributed by atoms with van der Waals surface area (Å²) in [5.41, 5.74) is 5.68. The number of aryl methyl sites for hydroxylation is 1. The Morgan fingerprint density at radius 1 is 1.05 bits per heavy atom. The zero-order chi connectivity index (χ0) is 26.9. The Balaban J connectivity index is 1.47. The van der Waals surface area contributed by atoms with Crippen LogP contribution in [0.4, 0.5) is 0 Å². The number of para-hydroxylation sites is 1. The van der Waals surface area contributed by atoms with Crippen LogP contribution in [-0.2, 0) is 0 Å². The first kappa shape index (κ1) is 24.4. The fourth-order valence-electron chi connectivity index (χ4n) is 4.60. The number of rotatable bonds is 6. The lowest BCUT2D eigenvalue weighted by molar-refractivity contribution is 0.0938. The molecule has 0 aliphatic heterocycles. The van der Waals surface area contributed by atoms with Crippen molar-refractivity contribution in [2.45, 2.75) is 19.9 Å². The van der Waals surface area contributed by atoms with Gasteiger partial charge in [-0.3, -0.25) is 14.2 Å². The molecule has 0 aliphatic carbocycles. The second-order valence-electron chi connectivity index (χ2n) is 8.98. The predicted molar refractivity (Wildman–Crippen MR) is 152 cm³/mol. The maximum Gasteiger partial charge on any atom is 0.266 e. The van der Waals surface area contributed by atoms with Gasteiger partial charge in [-0.05, 0) is 49.8 Å². The molecule has 1 N–H and O–H groups in total. The van der Waals surface area contributed by atoms with Crippen LogP contribution in [0.1, 0.15) is 46.1 Å². The largest absolute Gasteiger partial charge is 0.342 e. The third kappa shape index (κ3) is 4.51. The van der Waals surface area contributed by atoms with Crippen LogP contribution in [0.5, 0.6) is 0 Å². The first-order valence-corrected chi connectivity index (χ1v) is 13.2. The van der Waals surface area contributed by atoms with Crippen molar-refractivity contribution in [1.82, 2.24) is 34.4 Å². The lowest BCUT2D eigenvalue weighted by Crippen LogP contribution is -2.33. The van der Waals surface area contributed by atoms with Crippen molar-refractivity contribution in [3.05, 3.63) is 117 Å². The molecule has 2 aromatic carbocycles. The van der Waals surface area contributed by atoms with E-state index < -0.39 is 6.04 Å². The molecule has 4 heterocycles. The van der Waals surface area contributed by atoms with Gasteiger partial charge in [-0.1, -0.05) is 36.4 Å². The van der Waals surface area contributed by atoms with Crippen molar-refractivity contribution in [3.63, 3.8) is 0 Å². The molecule has 6 aromatic rings. The number of amides is 1. The van der Waals surface area contributed by atoms with E-state index in [4.69, 9.17) is 4.98 Å².